The lowest BCUT2D eigenvalue weighted by Gasteiger charge is -2.17. The van der Waals surface area contributed by atoms with Gasteiger partial charge in [0.05, 0.1) is 6.07 Å². The summed E-state index contributed by atoms with van der Waals surface area (Å²) in [4.78, 5) is 35.7. The van der Waals surface area contributed by atoms with Gasteiger partial charge in [0.2, 0.25) is 5.91 Å². The maximum absolute atomic E-state index is 12.2. The molecule has 2 aromatic rings. The predicted molar refractivity (Wildman–Crippen MR) is 89.3 cm³/mol. The second kappa shape index (κ2) is 6.76. The van der Waals surface area contributed by atoms with Gasteiger partial charge in [-0.3, -0.25) is 19.7 Å². The Morgan fingerprint density at radius 3 is 2.68 bits per heavy atom. The minimum Gasteiger partial charge on any atom is -0.395 e. The van der Waals surface area contributed by atoms with E-state index in [-0.39, 0.29) is 17.6 Å². The molecule has 0 bridgehead atoms. The summed E-state index contributed by atoms with van der Waals surface area (Å²) in [5.41, 5.74) is 1.96. The minimum atomic E-state index is -0.703. The molecule has 0 saturated carbocycles. The summed E-state index contributed by atoms with van der Waals surface area (Å²) >= 11 is 0. The van der Waals surface area contributed by atoms with Crippen LogP contribution in [0, 0.1) is 23.0 Å². The molecule has 2 heterocycles. The summed E-state index contributed by atoms with van der Waals surface area (Å²) in [6.07, 6.45) is 0.340. The number of benzene rings is 1. The molecule has 0 spiro atoms. The molecule has 25 heavy (non-hydrogen) atoms. The average molecular weight is 343 g/mol. The van der Waals surface area contributed by atoms with E-state index in [1.165, 1.54) is 6.07 Å². The van der Waals surface area contributed by atoms with E-state index < -0.39 is 16.7 Å². The molecule has 0 radical (unpaired) electrons. The third kappa shape index (κ3) is 3.68. The van der Waals surface area contributed by atoms with Crippen molar-refractivity contribution in [3.05, 3.63) is 57.8 Å². The van der Waals surface area contributed by atoms with Crippen LogP contribution >= 0.6 is 0 Å². The van der Waals surface area contributed by atoms with Gasteiger partial charge >= 0.3 is 5.88 Å². The third-order valence-corrected chi connectivity index (χ3v) is 4.10. The number of amides is 2. The zero-order chi connectivity index (χ0) is 18.0. The number of carbonyl (C=O) groups is 2. The standard InChI is InChI=1S/C17H17N3O5/c1-11-2-4-13(5-3-11)19-10-12(8-15(19)21)9-18-17(22)14-6-7-16(25-14)20(23)24/h2-7,12H,8-10H2,1H3,(H,18,22). The molecule has 3 rings (SSSR count). The van der Waals surface area contributed by atoms with Gasteiger partial charge in [-0.2, -0.15) is 0 Å². The van der Waals surface area contributed by atoms with Crippen LogP contribution in [0.1, 0.15) is 22.5 Å². The molecule has 1 aromatic carbocycles. The third-order valence-electron chi connectivity index (χ3n) is 4.10. The Balaban J connectivity index is 1.57. The molecule has 1 N–H and O–H groups in total. The lowest BCUT2D eigenvalue weighted by Crippen LogP contribution is -2.31. The molecule has 1 unspecified atom stereocenters. The second-order valence-electron chi connectivity index (χ2n) is 6.02. The van der Waals surface area contributed by atoms with E-state index in [2.05, 4.69) is 5.32 Å². The number of furan rings is 1. The number of nitrogens with one attached hydrogen (secondary N) is 1. The number of aryl methyl sites for hydroxylation is 1. The van der Waals surface area contributed by atoms with E-state index >= 15 is 0 Å². The smallest absolute Gasteiger partial charge is 0.395 e. The normalized spacial score (nSPS) is 16.9. The van der Waals surface area contributed by atoms with Crippen molar-refractivity contribution in [1.82, 2.24) is 5.32 Å². The number of hydrogen-bond donors (Lipinski definition) is 1. The Labute approximate surface area is 143 Å². The van der Waals surface area contributed by atoms with Gasteiger partial charge in [0.25, 0.3) is 5.91 Å². The molecule has 1 atom stereocenters. The number of anilines is 1. The SMILES string of the molecule is Cc1ccc(N2CC(CNC(=O)c3ccc([N+](=O)[O-])o3)CC2=O)cc1. The fraction of sp³-hybridized carbons (Fsp3) is 0.294. The highest BCUT2D eigenvalue weighted by atomic mass is 16.6. The van der Waals surface area contributed by atoms with Crippen LogP contribution in [0.3, 0.4) is 0 Å². The average Bonchev–Trinajstić information content (AvgIpc) is 3.20. The molecule has 1 aliphatic rings. The van der Waals surface area contributed by atoms with Crippen LogP contribution in [0.5, 0.6) is 0 Å². The van der Waals surface area contributed by atoms with Crippen LogP contribution in [0.15, 0.2) is 40.8 Å². The van der Waals surface area contributed by atoms with E-state index in [4.69, 9.17) is 4.42 Å². The highest BCUT2D eigenvalue weighted by Gasteiger charge is 2.31. The maximum atomic E-state index is 12.2. The number of carbonyl (C=O) groups excluding carboxylic acids is 2. The van der Waals surface area contributed by atoms with Crippen molar-refractivity contribution in [3.8, 4) is 0 Å². The van der Waals surface area contributed by atoms with Gasteiger partial charge in [-0.05, 0) is 25.1 Å². The van der Waals surface area contributed by atoms with Gasteiger partial charge in [-0.1, -0.05) is 17.7 Å². The first kappa shape index (κ1) is 16.7. The lowest BCUT2D eigenvalue weighted by molar-refractivity contribution is -0.402. The minimum absolute atomic E-state index is 0.0109. The maximum Gasteiger partial charge on any atom is 0.433 e. The van der Waals surface area contributed by atoms with Crippen LogP contribution in [0.2, 0.25) is 0 Å². The Kier molecular flexibility index (Phi) is 4.51. The van der Waals surface area contributed by atoms with Gasteiger partial charge in [-0.15, -0.1) is 0 Å². The largest absolute Gasteiger partial charge is 0.433 e. The Bertz CT molecular complexity index is 812. The number of rotatable bonds is 5. The summed E-state index contributed by atoms with van der Waals surface area (Å²) in [6.45, 7) is 2.79. The Morgan fingerprint density at radius 1 is 1.32 bits per heavy atom. The first-order chi connectivity index (χ1) is 11.9. The number of nitrogens with zero attached hydrogens (tertiary/aromatic N) is 2. The quantitative estimate of drug-likeness (QED) is 0.662. The monoisotopic (exact) mass is 343 g/mol. The van der Waals surface area contributed by atoms with Gasteiger partial charge < -0.3 is 14.6 Å². The van der Waals surface area contributed by atoms with Crippen molar-refractivity contribution in [3.63, 3.8) is 0 Å². The van der Waals surface area contributed by atoms with E-state index in [9.17, 15) is 19.7 Å². The highest BCUT2D eigenvalue weighted by molar-refractivity contribution is 5.96. The molecular weight excluding hydrogens is 326 g/mol. The zero-order valence-corrected chi connectivity index (χ0v) is 13.6. The van der Waals surface area contributed by atoms with Crippen LogP contribution in [0.25, 0.3) is 0 Å². The van der Waals surface area contributed by atoms with E-state index in [1.54, 1.807) is 4.90 Å². The molecule has 8 heteroatoms. The molecule has 130 valence electrons. The molecule has 1 aromatic heterocycles. The number of nitro groups is 1. The molecule has 2 amide bonds. The van der Waals surface area contributed by atoms with Crippen LogP contribution < -0.4 is 10.2 Å². The zero-order valence-electron chi connectivity index (χ0n) is 13.6. The van der Waals surface area contributed by atoms with Crippen LogP contribution in [-0.2, 0) is 4.79 Å². The van der Waals surface area contributed by atoms with Crippen molar-refractivity contribution in [2.75, 3.05) is 18.0 Å². The van der Waals surface area contributed by atoms with E-state index in [1.807, 2.05) is 31.2 Å². The lowest BCUT2D eigenvalue weighted by atomic mass is 10.1. The first-order valence-electron chi connectivity index (χ1n) is 7.83. The Morgan fingerprint density at radius 2 is 2.04 bits per heavy atom. The van der Waals surface area contributed by atoms with Gasteiger partial charge in [0.1, 0.15) is 4.92 Å². The summed E-state index contributed by atoms with van der Waals surface area (Å²) in [6, 6.07) is 10.1. The molecule has 8 nitrogen and oxygen atoms in total. The molecular formula is C17H17N3O5. The van der Waals surface area contributed by atoms with Crippen molar-refractivity contribution in [1.29, 1.82) is 0 Å². The molecule has 1 aliphatic heterocycles. The van der Waals surface area contributed by atoms with Crippen molar-refractivity contribution < 1.29 is 18.9 Å². The van der Waals surface area contributed by atoms with Crippen molar-refractivity contribution in [2.45, 2.75) is 13.3 Å². The predicted octanol–water partition coefficient (Wildman–Crippen LogP) is 2.28. The summed E-state index contributed by atoms with van der Waals surface area (Å²) in [5, 5.41) is 13.2. The van der Waals surface area contributed by atoms with Crippen LogP contribution in [-0.4, -0.2) is 29.8 Å². The van der Waals surface area contributed by atoms with Crippen molar-refractivity contribution in [2.24, 2.45) is 5.92 Å². The van der Waals surface area contributed by atoms with Crippen molar-refractivity contribution >= 4 is 23.4 Å². The molecule has 0 aliphatic carbocycles. The van der Waals surface area contributed by atoms with Gasteiger partial charge in [-0.25, -0.2) is 0 Å². The number of hydrogen-bond acceptors (Lipinski definition) is 5. The fourth-order valence-corrected chi connectivity index (χ4v) is 2.76. The topological polar surface area (TPSA) is 106 Å². The second-order valence-corrected chi connectivity index (χ2v) is 6.02. The first-order valence-corrected chi connectivity index (χ1v) is 7.83. The highest BCUT2D eigenvalue weighted by Crippen LogP contribution is 2.25. The molecule has 1 fully saturated rings. The summed E-state index contributed by atoms with van der Waals surface area (Å²) in [7, 11) is 0. The summed E-state index contributed by atoms with van der Waals surface area (Å²) in [5.74, 6) is -1.15. The summed E-state index contributed by atoms with van der Waals surface area (Å²) < 4.78 is 4.86. The van der Waals surface area contributed by atoms with Crippen LogP contribution in [0.4, 0.5) is 11.6 Å². The fourth-order valence-electron chi connectivity index (χ4n) is 2.76. The van der Waals surface area contributed by atoms with Gasteiger partial charge in [0.15, 0.2) is 5.76 Å². The van der Waals surface area contributed by atoms with E-state index in [0.717, 1.165) is 17.3 Å². The Hall–Kier alpha value is -3.16. The van der Waals surface area contributed by atoms with Gasteiger partial charge in [0, 0.05) is 31.1 Å². The van der Waals surface area contributed by atoms with E-state index in [0.29, 0.717) is 19.5 Å². The molecule has 1 saturated heterocycles.